The van der Waals surface area contributed by atoms with E-state index < -0.39 is 28.9 Å². The highest BCUT2D eigenvalue weighted by Gasteiger charge is 2.23. The molecule has 1 unspecified atom stereocenters. The van der Waals surface area contributed by atoms with Crippen LogP contribution in [0, 0.1) is 11.6 Å². The third-order valence-electron chi connectivity index (χ3n) is 8.30. The molecule has 4 aromatic rings. The van der Waals surface area contributed by atoms with Crippen molar-refractivity contribution in [1.82, 2.24) is 0 Å². The highest BCUT2D eigenvalue weighted by atomic mass is 35.5. The number of carbonyl (C=O) groups excluding carboxylic acids is 3. The summed E-state index contributed by atoms with van der Waals surface area (Å²) in [6, 6.07) is 23.4. The Morgan fingerprint density at radius 2 is 1.11 bits per heavy atom. The molecule has 0 amide bonds. The van der Waals surface area contributed by atoms with Gasteiger partial charge in [0.25, 0.3) is 0 Å². The number of halogens is 4. The number of ether oxygens (including phenoxy) is 2. The maximum atomic E-state index is 13.4. The van der Waals surface area contributed by atoms with Crippen molar-refractivity contribution in [3.8, 4) is 0 Å². The summed E-state index contributed by atoms with van der Waals surface area (Å²) in [5.41, 5.74) is 5.81. The molecule has 4 aromatic carbocycles. The summed E-state index contributed by atoms with van der Waals surface area (Å²) in [5.74, 6) is -2.10. The van der Waals surface area contributed by atoms with Crippen molar-refractivity contribution in [2.75, 3.05) is 0 Å². The fourth-order valence-electron chi connectivity index (χ4n) is 5.70. The Morgan fingerprint density at radius 1 is 0.661 bits per heavy atom. The smallest absolute Gasteiger partial charge is 0.331 e. The first-order valence-electron chi connectivity index (χ1n) is 18.4. The topological polar surface area (TPSA) is 69.7 Å². The van der Waals surface area contributed by atoms with Crippen LogP contribution < -0.4 is 0 Å². The zero-order valence-corrected chi connectivity index (χ0v) is 34.9. The number of ketones is 1. The van der Waals surface area contributed by atoms with Gasteiger partial charge in [-0.05, 0) is 137 Å². The van der Waals surface area contributed by atoms with E-state index in [1.165, 1.54) is 36.4 Å². The number of rotatable bonds is 11. The van der Waals surface area contributed by atoms with E-state index in [-0.39, 0.29) is 22.6 Å². The molecule has 0 aromatic heterocycles. The Hall–Kier alpha value is -4.85. The Balaban J connectivity index is 0.000000300. The molecule has 56 heavy (non-hydrogen) atoms. The Bertz CT molecular complexity index is 2090. The predicted octanol–water partition coefficient (Wildman–Crippen LogP) is 13.4. The summed E-state index contributed by atoms with van der Waals surface area (Å²) in [6.07, 6.45) is 7.47. The molecule has 5 nitrogen and oxygen atoms in total. The molecule has 0 aliphatic carbocycles. The quantitative estimate of drug-likeness (QED) is 0.0654. The van der Waals surface area contributed by atoms with Gasteiger partial charge in [-0.1, -0.05) is 97.7 Å². The molecule has 0 saturated heterocycles. The lowest BCUT2D eigenvalue weighted by atomic mass is 9.88. The van der Waals surface area contributed by atoms with Gasteiger partial charge in [0.2, 0.25) is 0 Å². The maximum Gasteiger partial charge on any atom is 0.331 e. The fraction of sp³-hybridized carbons (Fsp3) is 0.298. The van der Waals surface area contributed by atoms with Crippen LogP contribution in [0.3, 0.4) is 0 Å². The molecule has 0 bridgehead atoms. The molecule has 1 atom stereocenters. The molecule has 0 spiro atoms. The zero-order valence-electron chi connectivity index (χ0n) is 33.4. The summed E-state index contributed by atoms with van der Waals surface area (Å²) in [6.45, 7) is 16.9. The van der Waals surface area contributed by atoms with Crippen molar-refractivity contribution >= 4 is 64.2 Å². The van der Waals surface area contributed by atoms with Crippen molar-refractivity contribution in [2.45, 2.75) is 92.3 Å². The van der Waals surface area contributed by atoms with Crippen LogP contribution in [0.5, 0.6) is 0 Å². The van der Waals surface area contributed by atoms with Gasteiger partial charge >= 0.3 is 11.9 Å². The number of esters is 2. The van der Waals surface area contributed by atoms with Crippen LogP contribution in [0.4, 0.5) is 8.78 Å². The fourth-order valence-corrected chi connectivity index (χ4v) is 6.28. The lowest BCUT2D eigenvalue weighted by Gasteiger charge is -2.18. The summed E-state index contributed by atoms with van der Waals surface area (Å²) in [4.78, 5) is 36.4. The van der Waals surface area contributed by atoms with Crippen molar-refractivity contribution < 1.29 is 32.6 Å². The molecule has 0 aliphatic heterocycles. The van der Waals surface area contributed by atoms with E-state index in [2.05, 4.69) is 6.92 Å². The molecular weight excluding hydrogens is 753 g/mol. The van der Waals surface area contributed by atoms with Crippen LogP contribution in [0.1, 0.15) is 119 Å². The molecule has 0 N–H and O–H groups in total. The molecule has 0 saturated carbocycles. The van der Waals surface area contributed by atoms with Gasteiger partial charge in [0.15, 0.2) is 5.78 Å². The normalized spacial score (nSPS) is 12.8. The standard InChI is InChI=1S/C24H26ClFO2.C23H24ClFO3/c1-6-20(21-13-12-19(26)15-22(21)25)16(2)18-10-7-17(8-11-18)9-14-23(27)28-24(3,4)5;1-5-18(19-12-11-17(25)14-20(19)24)22(27)16-9-6-15(7-10-16)8-13-21(26)28-23(2,3)4/h7-15H,6H2,1-5H3;6-14,18H,5H2,1-4H3/b14-9+,20-16-;13-8+. The van der Waals surface area contributed by atoms with Crippen LogP contribution in [-0.2, 0) is 19.1 Å². The lowest BCUT2D eigenvalue weighted by molar-refractivity contribution is -0.149. The second-order valence-corrected chi connectivity index (χ2v) is 15.9. The lowest BCUT2D eigenvalue weighted by Crippen LogP contribution is -2.22. The highest BCUT2D eigenvalue weighted by molar-refractivity contribution is 6.32. The average Bonchev–Trinajstić information content (AvgIpc) is 3.11. The second-order valence-electron chi connectivity index (χ2n) is 15.0. The minimum absolute atomic E-state index is 0.0846. The minimum atomic E-state index is -0.547. The first-order valence-corrected chi connectivity index (χ1v) is 19.1. The summed E-state index contributed by atoms with van der Waals surface area (Å²) in [7, 11) is 0. The van der Waals surface area contributed by atoms with Crippen molar-refractivity contribution in [1.29, 1.82) is 0 Å². The van der Waals surface area contributed by atoms with Crippen molar-refractivity contribution in [2.24, 2.45) is 0 Å². The molecule has 0 heterocycles. The SMILES string of the molecule is CC/C(=C(\C)c1ccc(/C=C/C(=O)OC(C)(C)C)cc1)c1ccc(F)cc1Cl.CCC(C(=O)c1ccc(/C=C/C(=O)OC(C)(C)C)cc1)c1ccc(F)cc1Cl. The van der Waals surface area contributed by atoms with Gasteiger partial charge in [-0.25, -0.2) is 18.4 Å². The van der Waals surface area contributed by atoms with Crippen LogP contribution in [0.25, 0.3) is 23.3 Å². The Morgan fingerprint density at radius 3 is 1.52 bits per heavy atom. The number of hydrogen-bond acceptors (Lipinski definition) is 5. The first kappa shape index (κ1) is 45.5. The monoisotopic (exact) mass is 802 g/mol. The largest absolute Gasteiger partial charge is 0.457 e. The number of carbonyl (C=O) groups is 3. The van der Waals surface area contributed by atoms with E-state index >= 15 is 0 Å². The van der Waals surface area contributed by atoms with E-state index in [0.717, 1.165) is 39.8 Å². The highest BCUT2D eigenvalue weighted by Crippen LogP contribution is 2.34. The third-order valence-corrected chi connectivity index (χ3v) is 8.94. The van der Waals surface area contributed by atoms with Gasteiger partial charge in [-0.15, -0.1) is 0 Å². The number of benzene rings is 4. The van der Waals surface area contributed by atoms with Crippen LogP contribution in [0.15, 0.2) is 97.1 Å². The van der Waals surface area contributed by atoms with Gasteiger partial charge in [-0.3, -0.25) is 4.79 Å². The van der Waals surface area contributed by atoms with Gasteiger partial charge in [0.1, 0.15) is 22.8 Å². The Labute approximate surface area is 340 Å². The second kappa shape index (κ2) is 20.4. The average molecular weight is 804 g/mol. The van der Waals surface area contributed by atoms with Gasteiger partial charge in [-0.2, -0.15) is 0 Å². The van der Waals surface area contributed by atoms with Gasteiger partial charge < -0.3 is 9.47 Å². The summed E-state index contributed by atoms with van der Waals surface area (Å²) < 4.78 is 37.1. The minimum Gasteiger partial charge on any atom is -0.457 e. The van der Waals surface area contributed by atoms with Gasteiger partial charge in [0, 0.05) is 28.7 Å². The summed E-state index contributed by atoms with van der Waals surface area (Å²) >= 11 is 12.4. The van der Waals surface area contributed by atoms with E-state index in [4.69, 9.17) is 32.7 Å². The Kier molecular flexibility index (Phi) is 16.6. The van der Waals surface area contributed by atoms with E-state index in [1.54, 1.807) is 69.3 Å². The summed E-state index contributed by atoms with van der Waals surface area (Å²) in [5, 5.41) is 0.658. The molecule has 9 heteroatoms. The first-order chi connectivity index (χ1) is 26.2. The number of Topliss-reactive ketones (excluding diaryl/α,β-unsaturated/α-hetero) is 1. The van der Waals surface area contributed by atoms with Crippen molar-refractivity contribution in [3.63, 3.8) is 0 Å². The van der Waals surface area contributed by atoms with Gasteiger partial charge in [0.05, 0.1) is 5.02 Å². The van der Waals surface area contributed by atoms with Crippen LogP contribution in [-0.4, -0.2) is 28.9 Å². The van der Waals surface area contributed by atoms with E-state index in [1.807, 2.05) is 58.9 Å². The van der Waals surface area contributed by atoms with Crippen molar-refractivity contribution in [3.05, 3.63) is 152 Å². The molecule has 4 rings (SSSR count). The number of allylic oxidation sites excluding steroid dienone is 2. The predicted molar refractivity (Wildman–Crippen MR) is 226 cm³/mol. The molecule has 0 aliphatic rings. The zero-order chi connectivity index (χ0) is 41.8. The number of hydrogen-bond donors (Lipinski definition) is 0. The van der Waals surface area contributed by atoms with E-state index in [0.29, 0.717) is 22.6 Å². The third kappa shape index (κ3) is 14.3. The molecule has 296 valence electrons. The molecule has 0 radical (unpaired) electrons. The van der Waals surface area contributed by atoms with Crippen LogP contribution in [0.2, 0.25) is 10.0 Å². The van der Waals surface area contributed by atoms with Crippen LogP contribution >= 0.6 is 23.2 Å². The molecule has 0 fully saturated rings. The van der Waals surface area contributed by atoms with E-state index in [9.17, 15) is 23.2 Å². The maximum absolute atomic E-state index is 13.4. The molecular formula is C47H50Cl2F2O5.